The Bertz CT molecular complexity index is 688. The number of rotatable bonds is 16. The molecule has 0 aliphatic carbocycles. The van der Waals surface area contributed by atoms with E-state index in [2.05, 4.69) is 6.92 Å². The number of benzene rings is 1. The molecule has 0 fully saturated rings. The normalized spacial score (nSPS) is 13.4. The molecule has 33 heavy (non-hydrogen) atoms. The second kappa shape index (κ2) is 14.2. The summed E-state index contributed by atoms with van der Waals surface area (Å²) in [6, 6.07) is 0. The third-order valence-electron chi connectivity index (χ3n) is 5.10. The van der Waals surface area contributed by atoms with Crippen molar-refractivity contribution >= 4 is 0 Å². The van der Waals surface area contributed by atoms with Crippen LogP contribution in [0.25, 0.3) is 0 Å². The molecule has 0 amide bonds. The summed E-state index contributed by atoms with van der Waals surface area (Å²) in [4.78, 5) is 0. The van der Waals surface area contributed by atoms with Gasteiger partial charge in [0.05, 0.1) is 36.9 Å². The molecule has 0 spiro atoms. The van der Waals surface area contributed by atoms with Gasteiger partial charge in [0, 0.05) is 0 Å². The molecule has 0 bridgehead atoms. The minimum Gasteiger partial charge on any atom is -0.376 e. The van der Waals surface area contributed by atoms with Crippen molar-refractivity contribution in [2.45, 2.75) is 104 Å². The molecule has 0 radical (unpaired) electrons. The van der Waals surface area contributed by atoms with E-state index in [4.69, 9.17) is 14.2 Å². The first kappa shape index (κ1) is 29.7. The van der Waals surface area contributed by atoms with E-state index in [1.54, 1.807) is 27.7 Å². The monoisotopic (exact) mass is 484 g/mol. The van der Waals surface area contributed by atoms with Gasteiger partial charge >= 0.3 is 0 Å². The van der Waals surface area contributed by atoms with Crippen LogP contribution in [0.2, 0.25) is 0 Å². The molecule has 9 heteroatoms. The van der Waals surface area contributed by atoms with E-state index in [0.29, 0.717) is 12.8 Å². The quantitative estimate of drug-likeness (QED) is 0.0926. The highest BCUT2D eigenvalue weighted by atomic mass is 19.2. The summed E-state index contributed by atoms with van der Waals surface area (Å²) < 4.78 is 84.7. The van der Waals surface area contributed by atoms with Gasteiger partial charge in [0.2, 0.25) is 5.82 Å². The van der Waals surface area contributed by atoms with E-state index in [1.165, 1.54) is 0 Å². The average Bonchev–Trinajstić information content (AvgIpc) is 2.72. The van der Waals surface area contributed by atoms with Gasteiger partial charge in [-0.05, 0) is 34.1 Å². The summed E-state index contributed by atoms with van der Waals surface area (Å²) in [5, 5.41) is 11.1. The molecule has 1 aromatic rings. The van der Waals surface area contributed by atoms with Crippen molar-refractivity contribution in [3.05, 3.63) is 34.6 Å². The molecule has 1 unspecified atom stereocenters. The van der Waals surface area contributed by atoms with Gasteiger partial charge in [-0.3, -0.25) is 0 Å². The highest BCUT2D eigenvalue weighted by molar-refractivity contribution is 5.23. The molecular weight excluding hydrogens is 447 g/mol. The molecule has 0 aliphatic rings. The fourth-order valence-corrected chi connectivity index (χ4v) is 3.52. The second-order valence-electron chi connectivity index (χ2n) is 8.78. The van der Waals surface area contributed by atoms with E-state index in [-0.39, 0.29) is 6.61 Å². The molecule has 1 rings (SSSR count). The van der Waals surface area contributed by atoms with E-state index in [9.17, 15) is 27.1 Å². The summed E-state index contributed by atoms with van der Waals surface area (Å²) in [7, 11) is 0. The highest BCUT2D eigenvalue weighted by Gasteiger charge is 2.41. The van der Waals surface area contributed by atoms with E-state index in [1.807, 2.05) is 0 Å². The van der Waals surface area contributed by atoms with Crippen LogP contribution in [0.15, 0.2) is 0 Å². The van der Waals surface area contributed by atoms with Crippen molar-refractivity contribution in [2.75, 3.05) is 6.61 Å². The van der Waals surface area contributed by atoms with E-state index >= 15 is 0 Å². The first-order valence-corrected chi connectivity index (χ1v) is 11.6. The number of hydrogen-bond acceptors (Lipinski definition) is 4. The summed E-state index contributed by atoms with van der Waals surface area (Å²) in [5.74, 6) is -13.0. The molecule has 1 aromatic carbocycles. The predicted octanol–water partition coefficient (Wildman–Crippen LogP) is 6.76. The van der Waals surface area contributed by atoms with Gasteiger partial charge < -0.3 is 19.3 Å². The Morgan fingerprint density at radius 2 is 1.18 bits per heavy atom. The van der Waals surface area contributed by atoms with Gasteiger partial charge in [-0.1, -0.05) is 45.4 Å². The fraction of sp³-hybridized carbons (Fsp3) is 0.750. The molecule has 1 atom stereocenters. The highest BCUT2D eigenvalue weighted by Crippen LogP contribution is 2.31. The maximum absolute atomic E-state index is 14.0. The third kappa shape index (κ3) is 9.11. The Kier molecular flexibility index (Phi) is 12.8. The lowest BCUT2D eigenvalue weighted by Gasteiger charge is -2.38. The van der Waals surface area contributed by atoms with Crippen LogP contribution in [0.4, 0.5) is 22.0 Å². The van der Waals surface area contributed by atoms with Gasteiger partial charge in [-0.25, -0.2) is 22.0 Å². The average molecular weight is 485 g/mol. The van der Waals surface area contributed by atoms with Crippen molar-refractivity contribution in [1.29, 1.82) is 0 Å². The van der Waals surface area contributed by atoms with Crippen molar-refractivity contribution < 1.29 is 41.3 Å². The van der Waals surface area contributed by atoms with Gasteiger partial charge in [0.25, 0.3) is 5.97 Å². The van der Waals surface area contributed by atoms with Crippen LogP contribution in [0.3, 0.4) is 0 Å². The predicted molar refractivity (Wildman–Crippen MR) is 115 cm³/mol. The Labute approximate surface area is 193 Å². The number of hydrogen-bond donors (Lipinski definition) is 1. The van der Waals surface area contributed by atoms with Crippen molar-refractivity contribution in [1.82, 2.24) is 0 Å². The minimum atomic E-state index is -2.22. The number of unbranched alkanes of at least 4 members (excludes halogenated alkanes) is 5. The van der Waals surface area contributed by atoms with Crippen LogP contribution in [-0.4, -0.2) is 29.9 Å². The summed E-state index contributed by atoms with van der Waals surface area (Å²) in [5.41, 5.74) is -1.07. The van der Waals surface area contributed by atoms with Gasteiger partial charge in [-0.15, -0.1) is 0 Å². The first-order valence-electron chi connectivity index (χ1n) is 11.6. The largest absolute Gasteiger partial charge is 0.376 e. The van der Waals surface area contributed by atoms with Crippen LogP contribution >= 0.6 is 0 Å². The number of halogens is 5. The lowest BCUT2D eigenvalue weighted by molar-refractivity contribution is -0.410. The molecular formula is C24H37F5O4. The Morgan fingerprint density at radius 1 is 0.727 bits per heavy atom. The van der Waals surface area contributed by atoms with Crippen molar-refractivity contribution in [3.8, 4) is 0 Å². The molecule has 192 valence electrons. The maximum atomic E-state index is 14.0. The smallest absolute Gasteiger partial charge is 0.286 e. The summed E-state index contributed by atoms with van der Waals surface area (Å²) >= 11 is 0. The lowest BCUT2D eigenvalue weighted by Crippen LogP contribution is -2.48. The Balaban J connectivity index is 2.97. The first-order chi connectivity index (χ1) is 15.4. The lowest BCUT2D eigenvalue weighted by atomic mass is 9.98. The molecule has 1 N–H and O–H groups in total. The zero-order chi connectivity index (χ0) is 25.2. The number of aliphatic hydroxyl groups is 1. The van der Waals surface area contributed by atoms with Crippen LogP contribution in [0.1, 0.15) is 85.1 Å². The molecule has 0 saturated carbocycles. The van der Waals surface area contributed by atoms with Gasteiger partial charge in [0.15, 0.2) is 23.3 Å². The maximum Gasteiger partial charge on any atom is 0.286 e. The topological polar surface area (TPSA) is 47.9 Å². The van der Waals surface area contributed by atoms with E-state index in [0.717, 1.165) is 32.1 Å². The Hall–Kier alpha value is -1.29. The minimum absolute atomic E-state index is 0.273. The van der Waals surface area contributed by atoms with Crippen molar-refractivity contribution in [2.24, 2.45) is 5.92 Å². The van der Waals surface area contributed by atoms with Crippen LogP contribution in [0.5, 0.6) is 0 Å². The van der Waals surface area contributed by atoms with Gasteiger partial charge in [-0.2, -0.15) is 0 Å². The van der Waals surface area contributed by atoms with Gasteiger partial charge in [0.1, 0.15) is 0 Å². The third-order valence-corrected chi connectivity index (χ3v) is 5.10. The fourth-order valence-electron chi connectivity index (χ4n) is 3.52. The zero-order valence-electron chi connectivity index (χ0n) is 20.2. The van der Waals surface area contributed by atoms with E-state index < -0.39 is 65.4 Å². The van der Waals surface area contributed by atoms with Crippen LogP contribution in [-0.2, 0) is 20.8 Å². The summed E-state index contributed by atoms with van der Waals surface area (Å²) in [6.07, 6.45) is 5.56. The molecule has 0 saturated heterocycles. The standard InChI is InChI=1S/C24H37F5O4/c1-6-7-8-9-10-11-12-17(24(30,32-15(2)3)33-16(4)5)13-31-14-18-19(25)21(27)23(29)22(28)20(18)26/h15-17,30H,6-14H2,1-5H3. The molecule has 0 aliphatic heterocycles. The molecule has 0 aromatic heterocycles. The van der Waals surface area contributed by atoms with Crippen LogP contribution < -0.4 is 0 Å². The van der Waals surface area contributed by atoms with Crippen molar-refractivity contribution in [3.63, 3.8) is 0 Å². The number of ether oxygens (including phenoxy) is 3. The Morgan fingerprint density at radius 3 is 1.67 bits per heavy atom. The molecule has 0 heterocycles. The van der Waals surface area contributed by atoms with Crippen LogP contribution in [0, 0.1) is 35.0 Å². The second-order valence-corrected chi connectivity index (χ2v) is 8.78. The summed E-state index contributed by atoms with van der Waals surface area (Å²) in [6.45, 7) is 7.84. The zero-order valence-corrected chi connectivity index (χ0v) is 20.2. The SMILES string of the molecule is CCCCCCCCC(COCc1c(F)c(F)c(F)c(F)c1F)C(O)(OC(C)C)OC(C)C. The molecule has 4 nitrogen and oxygen atoms in total.